The number of nitrogens with zero attached hydrogens (tertiary/aromatic N) is 1. The van der Waals surface area contributed by atoms with E-state index in [1.807, 2.05) is 24.3 Å². The van der Waals surface area contributed by atoms with Crippen molar-refractivity contribution in [2.75, 3.05) is 7.11 Å². The molecule has 2 rings (SSSR count). The van der Waals surface area contributed by atoms with E-state index in [0.717, 1.165) is 23.4 Å². The second kappa shape index (κ2) is 4.79. The lowest BCUT2D eigenvalue weighted by atomic mass is 10.0. The van der Waals surface area contributed by atoms with Gasteiger partial charge in [-0.1, -0.05) is 19.1 Å². The van der Waals surface area contributed by atoms with Gasteiger partial charge in [0.25, 0.3) is 0 Å². The fourth-order valence-corrected chi connectivity index (χ4v) is 1.70. The minimum Gasteiger partial charge on any atom is -0.496 e. The maximum absolute atomic E-state index is 5.36. The van der Waals surface area contributed by atoms with Crippen LogP contribution in [-0.4, -0.2) is 12.1 Å². The first-order chi connectivity index (χ1) is 7.85. The Morgan fingerprint density at radius 1 is 1.19 bits per heavy atom. The lowest BCUT2D eigenvalue weighted by molar-refractivity contribution is 0.416. The number of rotatable bonds is 3. The van der Waals surface area contributed by atoms with Gasteiger partial charge in [0.1, 0.15) is 5.75 Å². The second-order valence-electron chi connectivity index (χ2n) is 3.60. The van der Waals surface area contributed by atoms with Crippen molar-refractivity contribution in [3.8, 4) is 17.0 Å². The second-order valence-corrected chi connectivity index (χ2v) is 3.60. The Morgan fingerprint density at radius 2 is 2.06 bits per heavy atom. The van der Waals surface area contributed by atoms with Crippen LogP contribution in [-0.2, 0) is 6.42 Å². The van der Waals surface area contributed by atoms with Gasteiger partial charge >= 0.3 is 0 Å². The third-order valence-corrected chi connectivity index (χ3v) is 2.61. The van der Waals surface area contributed by atoms with E-state index in [1.54, 1.807) is 13.3 Å². The molecule has 2 aromatic rings. The van der Waals surface area contributed by atoms with Gasteiger partial charge in [-0.3, -0.25) is 4.98 Å². The topological polar surface area (TPSA) is 22.1 Å². The number of aromatic nitrogens is 1. The molecular formula is C14H15NO. The fourth-order valence-electron chi connectivity index (χ4n) is 1.70. The maximum Gasteiger partial charge on any atom is 0.128 e. The zero-order chi connectivity index (χ0) is 11.4. The first-order valence-electron chi connectivity index (χ1n) is 5.43. The highest BCUT2D eigenvalue weighted by atomic mass is 16.5. The summed E-state index contributed by atoms with van der Waals surface area (Å²) in [7, 11) is 1.69. The summed E-state index contributed by atoms with van der Waals surface area (Å²) >= 11 is 0. The minimum atomic E-state index is 0.871. The average molecular weight is 213 g/mol. The van der Waals surface area contributed by atoms with Crippen LogP contribution in [0, 0.1) is 0 Å². The summed E-state index contributed by atoms with van der Waals surface area (Å²) in [6.45, 7) is 2.14. The molecule has 0 fully saturated rings. The van der Waals surface area contributed by atoms with Gasteiger partial charge in [0.2, 0.25) is 0 Å². The monoisotopic (exact) mass is 213 g/mol. The Bertz CT molecular complexity index is 465. The van der Waals surface area contributed by atoms with Crippen LogP contribution in [0.5, 0.6) is 5.75 Å². The van der Waals surface area contributed by atoms with Crippen LogP contribution in [0.15, 0.2) is 42.6 Å². The first kappa shape index (κ1) is 10.7. The highest BCUT2D eigenvalue weighted by molar-refractivity contribution is 5.67. The Labute approximate surface area is 95.9 Å². The molecule has 0 spiro atoms. The molecule has 2 heteroatoms. The number of benzene rings is 1. The lowest BCUT2D eigenvalue weighted by Gasteiger charge is -2.09. The molecule has 0 saturated carbocycles. The molecule has 82 valence electrons. The molecule has 0 N–H and O–H groups in total. The Hall–Kier alpha value is -1.83. The summed E-state index contributed by atoms with van der Waals surface area (Å²) in [5, 5.41) is 0. The van der Waals surface area contributed by atoms with Gasteiger partial charge in [0.15, 0.2) is 0 Å². The molecular weight excluding hydrogens is 198 g/mol. The van der Waals surface area contributed by atoms with E-state index >= 15 is 0 Å². The van der Waals surface area contributed by atoms with Gasteiger partial charge in [-0.2, -0.15) is 0 Å². The van der Waals surface area contributed by atoms with E-state index < -0.39 is 0 Å². The molecule has 2 nitrogen and oxygen atoms in total. The molecule has 16 heavy (non-hydrogen) atoms. The van der Waals surface area contributed by atoms with Crippen molar-refractivity contribution in [1.82, 2.24) is 4.98 Å². The molecule has 0 atom stereocenters. The van der Waals surface area contributed by atoms with Crippen LogP contribution in [0.2, 0.25) is 0 Å². The molecule has 1 aromatic heterocycles. The van der Waals surface area contributed by atoms with Crippen molar-refractivity contribution in [3.05, 3.63) is 48.2 Å². The van der Waals surface area contributed by atoms with Gasteiger partial charge < -0.3 is 4.74 Å². The summed E-state index contributed by atoms with van der Waals surface area (Å²) in [5.74, 6) is 0.871. The van der Waals surface area contributed by atoms with E-state index in [-0.39, 0.29) is 0 Å². The van der Waals surface area contributed by atoms with Gasteiger partial charge in [0.05, 0.1) is 12.8 Å². The molecule has 1 aromatic carbocycles. The fraction of sp³-hybridized carbons (Fsp3) is 0.214. The largest absolute Gasteiger partial charge is 0.496 e. The van der Waals surface area contributed by atoms with Gasteiger partial charge in [-0.05, 0) is 36.2 Å². The van der Waals surface area contributed by atoms with E-state index in [1.165, 1.54) is 5.56 Å². The predicted molar refractivity (Wildman–Crippen MR) is 65.6 cm³/mol. The van der Waals surface area contributed by atoms with E-state index in [0.29, 0.717) is 0 Å². The van der Waals surface area contributed by atoms with Crippen molar-refractivity contribution in [2.24, 2.45) is 0 Å². The summed E-state index contributed by atoms with van der Waals surface area (Å²) in [4.78, 5) is 4.35. The molecule has 0 saturated heterocycles. The van der Waals surface area contributed by atoms with Crippen LogP contribution in [0.25, 0.3) is 11.3 Å². The van der Waals surface area contributed by atoms with Crippen LogP contribution in [0.3, 0.4) is 0 Å². The maximum atomic E-state index is 5.36. The highest BCUT2D eigenvalue weighted by Gasteiger charge is 2.06. The Morgan fingerprint density at radius 3 is 2.69 bits per heavy atom. The predicted octanol–water partition coefficient (Wildman–Crippen LogP) is 3.32. The van der Waals surface area contributed by atoms with Crippen LogP contribution < -0.4 is 4.74 Å². The Kier molecular flexibility index (Phi) is 3.20. The van der Waals surface area contributed by atoms with Gasteiger partial charge in [0, 0.05) is 11.8 Å². The molecule has 0 aliphatic rings. The molecule has 0 bridgehead atoms. The third-order valence-electron chi connectivity index (χ3n) is 2.61. The number of ether oxygens (including phenoxy) is 1. The summed E-state index contributed by atoms with van der Waals surface area (Å²) in [5.41, 5.74) is 3.30. The molecule has 0 aliphatic heterocycles. The zero-order valence-electron chi connectivity index (χ0n) is 9.60. The first-order valence-corrected chi connectivity index (χ1v) is 5.43. The standard InChI is InChI=1S/C14H15NO/c1-3-11-7-8-14(16-2)12(10-11)13-6-4-5-9-15-13/h4-10H,3H2,1-2H3. The number of hydrogen-bond acceptors (Lipinski definition) is 2. The highest BCUT2D eigenvalue weighted by Crippen LogP contribution is 2.29. The molecule has 0 radical (unpaired) electrons. The van der Waals surface area contributed by atoms with Gasteiger partial charge in [-0.25, -0.2) is 0 Å². The van der Waals surface area contributed by atoms with E-state index in [2.05, 4.69) is 24.0 Å². The summed E-state index contributed by atoms with van der Waals surface area (Å²) in [6, 6.07) is 12.1. The number of hydrogen-bond donors (Lipinski definition) is 0. The minimum absolute atomic E-state index is 0.871. The molecule has 0 amide bonds. The molecule has 0 unspecified atom stereocenters. The number of methoxy groups -OCH3 is 1. The lowest BCUT2D eigenvalue weighted by Crippen LogP contribution is -1.91. The molecule has 1 heterocycles. The summed E-state index contributed by atoms with van der Waals surface area (Å²) < 4.78 is 5.36. The van der Waals surface area contributed by atoms with Crippen molar-refractivity contribution in [3.63, 3.8) is 0 Å². The smallest absolute Gasteiger partial charge is 0.128 e. The van der Waals surface area contributed by atoms with Crippen LogP contribution in [0.4, 0.5) is 0 Å². The van der Waals surface area contributed by atoms with Crippen molar-refractivity contribution in [1.29, 1.82) is 0 Å². The van der Waals surface area contributed by atoms with Crippen molar-refractivity contribution in [2.45, 2.75) is 13.3 Å². The van der Waals surface area contributed by atoms with Crippen molar-refractivity contribution >= 4 is 0 Å². The number of pyridine rings is 1. The van der Waals surface area contributed by atoms with E-state index in [4.69, 9.17) is 4.74 Å². The molecule has 0 aliphatic carbocycles. The Balaban J connectivity index is 2.53. The average Bonchev–Trinajstić information content (AvgIpc) is 2.39. The van der Waals surface area contributed by atoms with Crippen LogP contribution >= 0.6 is 0 Å². The SMILES string of the molecule is CCc1ccc(OC)c(-c2ccccn2)c1. The van der Waals surface area contributed by atoms with Crippen LogP contribution in [0.1, 0.15) is 12.5 Å². The normalized spacial score (nSPS) is 10.1. The summed E-state index contributed by atoms with van der Waals surface area (Å²) in [6.07, 6.45) is 2.82. The zero-order valence-corrected chi connectivity index (χ0v) is 9.60. The van der Waals surface area contributed by atoms with Gasteiger partial charge in [-0.15, -0.1) is 0 Å². The quantitative estimate of drug-likeness (QED) is 0.780. The third kappa shape index (κ3) is 2.06. The van der Waals surface area contributed by atoms with E-state index in [9.17, 15) is 0 Å². The van der Waals surface area contributed by atoms with Crippen molar-refractivity contribution < 1.29 is 4.74 Å². The number of aryl methyl sites for hydroxylation is 1.